The van der Waals surface area contributed by atoms with Crippen LogP contribution in [0.1, 0.15) is 78.1 Å². The van der Waals surface area contributed by atoms with Gasteiger partial charge in [0.25, 0.3) is 0 Å². The number of aliphatic hydroxyl groups is 2. The number of aryl methyl sites for hydroxylation is 3. The minimum absolute atomic E-state index is 0. The zero-order chi connectivity index (χ0) is 32.1. The maximum absolute atomic E-state index is 12.0. The van der Waals surface area contributed by atoms with E-state index in [4.69, 9.17) is 15.0 Å². The smallest absolute Gasteiger partial charge is 0.303 e. The van der Waals surface area contributed by atoms with Crippen molar-refractivity contribution in [3.8, 4) is 0 Å². The van der Waals surface area contributed by atoms with Crippen LogP contribution in [0, 0.1) is 13.8 Å². The number of allylic oxidation sites excluding steroid dienone is 3. The molecule has 0 amide bonds. The van der Waals surface area contributed by atoms with Gasteiger partial charge in [0.05, 0.1) is 22.8 Å². The summed E-state index contributed by atoms with van der Waals surface area (Å²) >= 11 is 0. The van der Waals surface area contributed by atoms with E-state index in [0.717, 1.165) is 22.3 Å². The van der Waals surface area contributed by atoms with Gasteiger partial charge in [0.15, 0.2) is 0 Å². The van der Waals surface area contributed by atoms with E-state index >= 15 is 0 Å². The summed E-state index contributed by atoms with van der Waals surface area (Å²) in [5.74, 6) is -2.13. The molecule has 2 atom stereocenters. The second kappa shape index (κ2) is 12.3. The van der Waals surface area contributed by atoms with Gasteiger partial charge in [-0.2, -0.15) is 0 Å². The number of rotatable bonds is 8. The van der Waals surface area contributed by atoms with Crippen LogP contribution in [-0.2, 0) is 44.3 Å². The number of aliphatic carboxylic acids is 2. The Hall–Kier alpha value is -4.28. The zero-order valence-electron chi connectivity index (χ0n) is 25.5. The summed E-state index contributed by atoms with van der Waals surface area (Å²) < 4.78 is 0. The SMILES string of the molecule is C=CC1=C(C)c2cc3[n-]c(cc4nc(cc5[n-]c(cc1n2)c(C)c5C=C)[C@@](C)(O)[C@@]4(O)CCC(=O)O)c(CCC(=O)O)c3C.[Fe]. The molecule has 2 aliphatic rings. The fourth-order valence-electron chi connectivity index (χ4n) is 5.95. The Labute approximate surface area is 270 Å². The van der Waals surface area contributed by atoms with Crippen molar-refractivity contribution < 1.29 is 47.1 Å². The molecule has 0 aromatic carbocycles. The van der Waals surface area contributed by atoms with E-state index < -0.39 is 29.6 Å². The zero-order valence-corrected chi connectivity index (χ0v) is 26.6. The molecule has 0 aliphatic carbocycles. The minimum atomic E-state index is -2.10. The Kier molecular flexibility index (Phi) is 9.15. The molecule has 0 saturated carbocycles. The molecule has 3 aromatic heterocycles. The van der Waals surface area contributed by atoms with Crippen molar-refractivity contribution in [3.05, 3.63) is 88.5 Å². The first-order chi connectivity index (χ1) is 20.7. The summed E-state index contributed by atoms with van der Waals surface area (Å²) in [7, 11) is 0. The molecule has 5 rings (SSSR count). The molecule has 10 nitrogen and oxygen atoms in total. The monoisotopic (exact) mass is 650 g/mol. The standard InChI is InChI=1S/C34H36N4O6.Fe/c1-7-20-17(3)23-13-24-19(5)22(9-10-31(39)40)28(37-24)16-30-34(44,12-11-32(41)42)33(6,43)29(38-30)15-27-21(8-2)18(4)25(36-27)14-26(20)35-23;/h7-8,13-16,43-44H,1-2,9-12H2,3-6H3,(H4,35,36,37,38,39,40,41,42);/p-2/t33-,34-;/m1./s1. The average Bonchev–Trinajstić information content (AvgIpc) is 3.58. The van der Waals surface area contributed by atoms with E-state index in [1.54, 1.807) is 18.2 Å². The summed E-state index contributed by atoms with van der Waals surface area (Å²) in [4.78, 5) is 42.3. The fraction of sp³-hybridized carbons (Fsp3) is 0.294. The molecular formula is C34H34FeN4O6-2. The first-order valence-corrected chi connectivity index (χ1v) is 14.2. The van der Waals surface area contributed by atoms with Gasteiger partial charge in [-0.25, -0.2) is 4.98 Å². The van der Waals surface area contributed by atoms with Crippen LogP contribution in [0.5, 0.6) is 0 Å². The predicted molar refractivity (Wildman–Crippen MR) is 167 cm³/mol. The molecule has 11 heteroatoms. The van der Waals surface area contributed by atoms with Gasteiger partial charge in [-0.05, 0) is 51.7 Å². The molecule has 0 fully saturated rings. The topological polar surface area (TPSA) is 169 Å². The third-order valence-corrected chi connectivity index (χ3v) is 8.76. The molecule has 236 valence electrons. The number of carboxylic acids is 2. The number of carboxylic acid groups (broad SMARTS) is 2. The van der Waals surface area contributed by atoms with E-state index in [1.165, 1.54) is 13.0 Å². The molecule has 2 aliphatic heterocycles. The van der Waals surface area contributed by atoms with Gasteiger partial charge in [-0.15, -0.1) is 22.1 Å². The molecule has 5 heterocycles. The van der Waals surface area contributed by atoms with Crippen molar-refractivity contribution in [1.82, 2.24) is 19.9 Å². The van der Waals surface area contributed by atoms with Crippen molar-refractivity contribution in [2.24, 2.45) is 0 Å². The Morgan fingerprint density at radius 3 is 2.04 bits per heavy atom. The quantitative estimate of drug-likeness (QED) is 0.246. The maximum Gasteiger partial charge on any atom is 0.303 e. The normalized spacial score (nSPS) is 19.2. The Bertz CT molecular complexity index is 1950. The van der Waals surface area contributed by atoms with Gasteiger partial charge in [0.1, 0.15) is 11.2 Å². The van der Waals surface area contributed by atoms with Crippen LogP contribution < -0.4 is 9.97 Å². The van der Waals surface area contributed by atoms with Crippen molar-refractivity contribution in [3.63, 3.8) is 0 Å². The van der Waals surface area contributed by atoms with E-state index in [9.17, 15) is 30.0 Å². The molecule has 4 N–H and O–H groups in total. The molecular weight excluding hydrogens is 616 g/mol. The molecule has 3 aromatic rings. The second-order valence-electron chi connectivity index (χ2n) is 11.4. The Morgan fingerprint density at radius 2 is 1.42 bits per heavy atom. The largest absolute Gasteiger partial charge is 0.657 e. The summed E-state index contributed by atoms with van der Waals surface area (Å²) in [5.41, 5.74) is 3.91. The Morgan fingerprint density at radius 1 is 0.822 bits per heavy atom. The van der Waals surface area contributed by atoms with Crippen molar-refractivity contribution in [2.75, 3.05) is 0 Å². The minimum Gasteiger partial charge on any atom is -0.657 e. The van der Waals surface area contributed by atoms with Crippen LogP contribution >= 0.6 is 0 Å². The molecule has 8 bridgehead atoms. The number of nitrogens with zero attached hydrogens (tertiary/aromatic N) is 4. The van der Waals surface area contributed by atoms with Gasteiger partial charge in [0.2, 0.25) is 0 Å². The van der Waals surface area contributed by atoms with Gasteiger partial charge in [-0.3, -0.25) is 14.6 Å². The van der Waals surface area contributed by atoms with Gasteiger partial charge < -0.3 is 30.4 Å². The predicted octanol–water partition coefficient (Wildman–Crippen LogP) is 4.92. The molecule has 45 heavy (non-hydrogen) atoms. The van der Waals surface area contributed by atoms with Crippen LogP contribution in [0.3, 0.4) is 0 Å². The molecule has 0 radical (unpaired) electrons. The van der Waals surface area contributed by atoms with Crippen LogP contribution in [0.25, 0.3) is 39.3 Å². The fourth-order valence-corrected chi connectivity index (χ4v) is 5.95. The third kappa shape index (κ3) is 5.68. The summed E-state index contributed by atoms with van der Waals surface area (Å²) in [6, 6.07) is 6.75. The first kappa shape index (κ1) is 33.6. The summed E-state index contributed by atoms with van der Waals surface area (Å²) in [6.07, 6.45) is 2.61. The first-order valence-electron chi connectivity index (χ1n) is 14.2. The van der Waals surface area contributed by atoms with E-state index in [-0.39, 0.29) is 47.7 Å². The number of hydrogen-bond acceptors (Lipinski definition) is 6. The van der Waals surface area contributed by atoms with Gasteiger partial charge >= 0.3 is 11.9 Å². The maximum atomic E-state index is 12.0. The Balaban J connectivity index is 0.00000461. The number of fused-ring (bicyclic) bond motifs is 8. The average molecular weight is 651 g/mol. The number of aromatic nitrogens is 4. The van der Waals surface area contributed by atoms with E-state index in [0.29, 0.717) is 44.6 Å². The van der Waals surface area contributed by atoms with Gasteiger partial charge in [0, 0.05) is 35.5 Å². The van der Waals surface area contributed by atoms with Crippen LogP contribution in [0.2, 0.25) is 0 Å². The molecule has 0 saturated heterocycles. The summed E-state index contributed by atoms with van der Waals surface area (Å²) in [6.45, 7) is 15.0. The van der Waals surface area contributed by atoms with Gasteiger partial charge in [-0.1, -0.05) is 66.3 Å². The van der Waals surface area contributed by atoms with Crippen molar-refractivity contribution >= 4 is 51.2 Å². The van der Waals surface area contributed by atoms with Crippen LogP contribution in [0.15, 0.2) is 43.5 Å². The van der Waals surface area contributed by atoms with Crippen molar-refractivity contribution in [2.45, 2.75) is 64.6 Å². The van der Waals surface area contributed by atoms with E-state index in [2.05, 4.69) is 18.1 Å². The van der Waals surface area contributed by atoms with E-state index in [1.807, 2.05) is 32.9 Å². The second-order valence-corrected chi connectivity index (χ2v) is 11.4. The van der Waals surface area contributed by atoms with Crippen LogP contribution in [0.4, 0.5) is 0 Å². The molecule has 0 spiro atoms. The van der Waals surface area contributed by atoms with Crippen LogP contribution in [-0.4, -0.2) is 42.3 Å². The third-order valence-electron chi connectivity index (χ3n) is 8.76. The number of hydrogen-bond donors (Lipinski definition) is 4. The van der Waals surface area contributed by atoms with Crippen molar-refractivity contribution in [1.29, 1.82) is 0 Å². The summed E-state index contributed by atoms with van der Waals surface area (Å²) in [5, 5.41) is 42.8. The molecule has 0 unspecified atom stereocenters. The number of carbonyl (C=O) groups is 2.